The number of carbonyl (C=O) groups excluding carboxylic acids is 1. The van der Waals surface area contributed by atoms with E-state index in [9.17, 15) is 9.90 Å². The maximum atomic E-state index is 12.1. The number of carbonyl (C=O) groups is 1. The van der Waals surface area contributed by atoms with E-state index in [1.807, 2.05) is 30.3 Å². The molecule has 0 saturated heterocycles. The van der Waals surface area contributed by atoms with Crippen molar-refractivity contribution in [3.8, 4) is 0 Å². The monoisotopic (exact) mass is 290 g/mol. The molecule has 21 heavy (non-hydrogen) atoms. The maximum absolute atomic E-state index is 12.1. The Balaban J connectivity index is 1.81. The van der Waals surface area contributed by atoms with E-state index in [1.165, 1.54) is 12.8 Å². The molecule has 4 nitrogen and oxygen atoms in total. The van der Waals surface area contributed by atoms with Gasteiger partial charge in [0, 0.05) is 18.6 Å². The van der Waals surface area contributed by atoms with Gasteiger partial charge in [0.2, 0.25) is 5.91 Å². The van der Waals surface area contributed by atoms with Crippen molar-refractivity contribution in [3.63, 3.8) is 0 Å². The molecule has 1 aliphatic carbocycles. The first kappa shape index (κ1) is 16.0. The number of aliphatic hydroxyl groups is 1. The maximum Gasteiger partial charge on any atom is 0.223 e. The number of benzene rings is 1. The quantitative estimate of drug-likeness (QED) is 0.806. The normalized spacial score (nSPS) is 19.1. The zero-order valence-corrected chi connectivity index (χ0v) is 13.2. The number of rotatable bonds is 7. The lowest BCUT2D eigenvalue weighted by Crippen LogP contribution is -2.42. The van der Waals surface area contributed by atoms with E-state index in [0.29, 0.717) is 18.6 Å². The van der Waals surface area contributed by atoms with Crippen molar-refractivity contribution in [1.29, 1.82) is 0 Å². The van der Waals surface area contributed by atoms with Gasteiger partial charge in [-0.05, 0) is 39.3 Å². The lowest BCUT2D eigenvalue weighted by atomic mass is 9.92. The second-order valence-electron chi connectivity index (χ2n) is 6.37. The predicted molar refractivity (Wildman–Crippen MR) is 83.9 cm³/mol. The van der Waals surface area contributed by atoms with E-state index in [4.69, 9.17) is 0 Å². The minimum absolute atomic E-state index is 0.0802. The topological polar surface area (TPSA) is 52.6 Å². The average Bonchev–Trinajstić information content (AvgIpc) is 3.29. The predicted octanol–water partition coefficient (Wildman–Crippen LogP) is 1.88. The summed E-state index contributed by atoms with van der Waals surface area (Å²) in [5.74, 6) is -0.111. The number of nitrogens with zero attached hydrogens (tertiary/aromatic N) is 1. The summed E-state index contributed by atoms with van der Waals surface area (Å²) >= 11 is 0. The molecule has 0 aliphatic heterocycles. The fourth-order valence-corrected chi connectivity index (χ4v) is 2.52. The second-order valence-corrected chi connectivity index (χ2v) is 6.37. The Kier molecular flexibility index (Phi) is 5.01. The molecule has 4 heteroatoms. The molecule has 0 radical (unpaired) electrons. The van der Waals surface area contributed by atoms with Gasteiger partial charge in [0.05, 0.1) is 12.0 Å². The van der Waals surface area contributed by atoms with E-state index in [0.717, 1.165) is 5.56 Å². The van der Waals surface area contributed by atoms with Crippen molar-refractivity contribution in [2.45, 2.75) is 50.8 Å². The van der Waals surface area contributed by atoms with Gasteiger partial charge in [-0.25, -0.2) is 0 Å². The fraction of sp³-hybridized carbons (Fsp3) is 0.588. The molecule has 0 spiro atoms. The van der Waals surface area contributed by atoms with E-state index in [-0.39, 0.29) is 12.3 Å². The summed E-state index contributed by atoms with van der Waals surface area (Å²) in [6, 6.07) is 10.3. The number of nitrogens with one attached hydrogen (secondary N) is 1. The SMILES string of the molecule is CC(CNC(=O)CC(C)(O)c1ccccc1)N(C)C1CC1. The van der Waals surface area contributed by atoms with Gasteiger partial charge in [-0.2, -0.15) is 0 Å². The summed E-state index contributed by atoms with van der Waals surface area (Å²) in [7, 11) is 2.11. The standard InChI is InChI=1S/C17H26N2O2/c1-13(19(3)15-9-10-15)12-18-16(20)11-17(2,21)14-7-5-4-6-8-14/h4-8,13,15,21H,9-12H2,1-3H3,(H,18,20). The van der Waals surface area contributed by atoms with E-state index < -0.39 is 5.60 Å². The molecule has 1 fully saturated rings. The Morgan fingerprint density at radius 3 is 2.62 bits per heavy atom. The van der Waals surface area contributed by atoms with Crippen LogP contribution >= 0.6 is 0 Å². The van der Waals surface area contributed by atoms with E-state index in [2.05, 4.69) is 24.2 Å². The minimum Gasteiger partial charge on any atom is -0.385 e. The lowest BCUT2D eigenvalue weighted by molar-refractivity contribution is -0.126. The van der Waals surface area contributed by atoms with Gasteiger partial charge in [-0.15, -0.1) is 0 Å². The number of hydrogen-bond acceptors (Lipinski definition) is 3. The molecule has 2 unspecified atom stereocenters. The zero-order valence-electron chi connectivity index (χ0n) is 13.2. The van der Waals surface area contributed by atoms with Gasteiger partial charge in [-0.1, -0.05) is 30.3 Å². The van der Waals surface area contributed by atoms with Crippen molar-refractivity contribution < 1.29 is 9.90 Å². The van der Waals surface area contributed by atoms with Crippen molar-refractivity contribution in [3.05, 3.63) is 35.9 Å². The highest BCUT2D eigenvalue weighted by Gasteiger charge is 2.30. The summed E-state index contributed by atoms with van der Waals surface area (Å²) in [6.45, 7) is 4.42. The first-order valence-corrected chi connectivity index (χ1v) is 7.66. The lowest BCUT2D eigenvalue weighted by Gasteiger charge is -2.26. The highest BCUT2D eigenvalue weighted by atomic mass is 16.3. The molecule has 1 aromatic carbocycles. The van der Waals surface area contributed by atoms with Crippen LogP contribution in [0.5, 0.6) is 0 Å². The Bertz CT molecular complexity index is 469. The van der Waals surface area contributed by atoms with Gasteiger partial charge >= 0.3 is 0 Å². The first-order valence-electron chi connectivity index (χ1n) is 7.66. The molecule has 2 atom stereocenters. The van der Waals surface area contributed by atoms with Gasteiger partial charge in [0.15, 0.2) is 0 Å². The molecular formula is C17H26N2O2. The second kappa shape index (κ2) is 6.58. The molecule has 1 saturated carbocycles. The molecular weight excluding hydrogens is 264 g/mol. The Hall–Kier alpha value is -1.39. The van der Waals surface area contributed by atoms with Crippen LogP contribution in [0.25, 0.3) is 0 Å². The van der Waals surface area contributed by atoms with Crippen LogP contribution in [-0.2, 0) is 10.4 Å². The Labute approximate surface area is 127 Å². The number of amides is 1. The van der Waals surface area contributed by atoms with Crippen LogP contribution in [0.3, 0.4) is 0 Å². The summed E-state index contributed by atoms with van der Waals surface area (Å²) in [5.41, 5.74) is -0.361. The van der Waals surface area contributed by atoms with Crippen LogP contribution in [0, 0.1) is 0 Å². The third kappa shape index (κ3) is 4.55. The van der Waals surface area contributed by atoms with E-state index >= 15 is 0 Å². The van der Waals surface area contributed by atoms with Crippen LogP contribution in [-0.4, -0.2) is 41.6 Å². The summed E-state index contributed by atoms with van der Waals surface area (Å²) in [6.07, 6.45) is 2.60. The summed E-state index contributed by atoms with van der Waals surface area (Å²) < 4.78 is 0. The molecule has 2 N–H and O–H groups in total. The van der Waals surface area contributed by atoms with Crippen molar-refractivity contribution in [2.24, 2.45) is 0 Å². The molecule has 0 bridgehead atoms. The zero-order chi connectivity index (χ0) is 15.5. The Morgan fingerprint density at radius 1 is 1.43 bits per heavy atom. The molecule has 1 aliphatic rings. The van der Waals surface area contributed by atoms with Crippen LogP contribution in [0.4, 0.5) is 0 Å². The third-order valence-electron chi connectivity index (χ3n) is 4.31. The van der Waals surface area contributed by atoms with Crippen LogP contribution in [0.1, 0.15) is 38.7 Å². The van der Waals surface area contributed by atoms with Crippen LogP contribution in [0.2, 0.25) is 0 Å². The van der Waals surface area contributed by atoms with Gasteiger partial charge in [0.1, 0.15) is 0 Å². The van der Waals surface area contributed by atoms with Crippen molar-refractivity contribution in [2.75, 3.05) is 13.6 Å². The minimum atomic E-state index is -1.13. The Morgan fingerprint density at radius 2 is 2.05 bits per heavy atom. The van der Waals surface area contributed by atoms with Crippen LogP contribution in [0.15, 0.2) is 30.3 Å². The highest BCUT2D eigenvalue weighted by molar-refractivity contribution is 5.77. The largest absolute Gasteiger partial charge is 0.385 e. The summed E-state index contributed by atoms with van der Waals surface area (Å²) in [5, 5.41) is 13.4. The number of hydrogen-bond donors (Lipinski definition) is 2. The fourth-order valence-electron chi connectivity index (χ4n) is 2.52. The first-order chi connectivity index (χ1) is 9.90. The number of likely N-dealkylation sites (N-methyl/N-ethyl adjacent to an activating group) is 1. The van der Waals surface area contributed by atoms with Gasteiger partial charge in [0.25, 0.3) is 0 Å². The smallest absolute Gasteiger partial charge is 0.223 e. The molecule has 1 amide bonds. The van der Waals surface area contributed by atoms with Crippen molar-refractivity contribution >= 4 is 5.91 Å². The van der Waals surface area contributed by atoms with Crippen LogP contribution < -0.4 is 5.32 Å². The summed E-state index contributed by atoms with van der Waals surface area (Å²) in [4.78, 5) is 14.4. The molecule has 1 aromatic rings. The molecule has 116 valence electrons. The molecule has 0 heterocycles. The average molecular weight is 290 g/mol. The van der Waals surface area contributed by atoms with Crippen molar-refractivity contribution in [1.82, 2.24) is 10.2 Å². The molecule has 2 rings (SSSR count). The van der Waals surface area contributed by atoms with Gasteiger partial charge < -0.3 is 10.4 Å². The third-order valence-corrected chi connectivity index (χ3v) is 4.31. The highest BCUT2D eigenvalue weighted by Crippen LogP contribution is 2.27. The van der Waals surface area contributed by atoms with Gasteiger partial charge in [-0.3, -0.25) is 9.69 Å². The van der Waals surface area contributed by atoms with E-state index in [1.54, 1.807) is 6.92 Å². The molecule has 0 aromatic heterocycles.